The smallest absolute Gasteiger partial charge is 0.267 e. The molecule has 3 aromatic rings. The van der Waals surface area contributed by atoms with Gasteiger partial charge in [0.15, 0.2) is 10.7 Å². The lowest BCUT2D eigenvalue weighted by atomic mass is 10.2. The SMILES string of the molecule is Cc1noc(C)c1S(=O)(=O)Nc1ccc(CN2CCN(c3ccccn3)CC2)cc1. The van der Waals surface area contributed by atoms with Gasteiger partial charge in [-0.2, -0.15) is 0 Å². The zero-order valence-electron chi connectivity index (χ0n) is 17.1. The molecule has 0 aliphatic carbocycles. The number of sulfonamides is 1. The topological polar surface area (TPSA) is 91.6 Å². The predicted octanol–water partition coefficient (Wildman–Crippen LogP) is 2.81. The highest BCUT2D eigenvalue weighted by Crippen LogP contribution is 2.23. The van der Waals surface area contributed by atoms with Crippen molar-refractivity contribution in [2.75, 3.05) is 35.8 Å². The molecule has 3 heterocycles. The number of nitrogens with zero attached hydrogens (tertiary/aromatic N) is 4. The van der Waals surface area contributed by atoms with E-state index >= 15 is 0 Å². The highest BCUT2D eigenvalue weighted by Gasteiger charge is 2.24. The molecule has 0 radical (unpaired) electrons. The molecule has 1 fully saturated rings. The minimum absolute atomic E-state index is 0.0948. The van der Waals surface area contributed by atoms with Crippen molar-refractivity contribution in [3.8, 4) is 0 Å². The molecule has 0 unspecified atom stereocenters. The summed E-state index contributed by atoms with van der Waals surface area (Å²) in [4.78, 5) is 9.20. The van der Waals surface area contributed by atoms with Gasteiger partial charge in [0.2, 0.25) is 0 Å². The number of benzene rings is 1. The van der Waals surface area contributed by atoms with Crippen molar-refractivity contribution in [1.82, 2.24) is 15.0 Å². The third-order valence-corrected chi connectivity index (χ3v) is 6.82. The molecule has 1 saturated heterocycles. The van der Waals surface area contributed by atoms with Gasteiger partial charge >= 0.3 is 0 Å². The second-order valence-electron chi connectivity index (χ2n) is 7.41. The fraction of sp³-hybridized carbons (Fsp3) is 0.333. The molecule has 1 aliphatic heterocycles. The van der Waals surface area contributed by atoms with Crippen molar-refractivity contribution in [3.63, 3.8) is 0 Å². The summed E-state index contributed by atoms with van der Waals surface area (Å²) in [5, 5.41) is 3.72. The van der Waals surface area contributed by atoms with Crippen LogP contribution in [0.2, 0.25) is 0 Å². The van der Waals surface area contributed by atoms with Crippen LogP contribution < -0.4 is 9.62 Å². The molecule has 1 aromatic carbocycles. The number of nitrogens with one attached hydrogen (secondary N) is 1. The van der Waals surface area contributed by atoms with Crippen LogP contribution in [0.25, 0.3) is 0 Å². The molecule has 2 aromatic heterocycles. The lowest BCUT2D eigenvalue weighted by molar-refractivity contribution is 0.249. The highest BCUT2D eigenvalue weighted by molar-refractivity contribution is 7.92. The standard InChI is InChI=1S/C21H25N5O3S/c1-16-21(17(2)29-23-16)30(27,28)24-19-8-6-18(7-9-19)15-25-11-13-26(14-12-25)20-5-3-4-10-22-20/h3-10,24H,11-15H2,1-2H3. The number of rotatable bonds is 6. The van der Waals surface area contributed by atoms with E-state index in [1.807, 2.05) is 36.5 Å². The Morgan fingerprint density at radius 1 is 1.03 bits per heavy atom. The number of hydrogen-bond donors (Lipinski definition) is 1. The normalized spacial score (nSPS) is 15.3. The van der Waals surface area contributed by atoms with Gasteiger partial charge in [0.05, 0.1) is 0 Å². The van der Waals surface area contributed by atoms with E-state index in [-0.39, 0.29) is 10.7 Å². The fourth-order valence-corrected chi connectivity index (χ4v) is 5.07. The van der Waals surface area contributed by atoms with Crippen LogP contribution in [0.5, 0.6) is 0 Å². The van der Waals surface area contributed by atoms with Gasteiger partial charge in [-0.25, -0.2) is 13.4 Å². The first-order valence-corrected chi connectivity index (χ1v) is 11.3. The van der Waals surface area contributed by atoms with Crippen molar-refractivity contribution < 1.29 is 12.9 Å². The van der Waals surface area contributed by atoms with E-state index in [2.05, 4.69) is 24.7 Å². The Morgan fingerprint density at radius 2 is 1.77 bits per heavy atom. The summed E-state index contributed by atoms with van der Waals surface area (Å²) in [6.45, 7) is 7.81. The maximum Gasteiger partial charge on any atom is 0.267 e. The molecule has 8 nitrogen and oxygen atoms in total. The summed E-state index contributed by atoms with van der Waals surface area (Å²) >= 11 is 0. The van der Waals surface area contributed by atoms with Gasteiger partial charge in [0, 0.05) is 44.6 Å². The van der Waals surface area contributed by atoms with Gasteiger partial charge < -0.3 is 9.42 Å². The molecule has 4 rings (SSSR count). The minimum Gasteiger partial charge on any atom is -0.360 e. The Hall–Kier alpha value is -2.91. The van der Waals surface area contributed by atoms with Gasteiger partial charge in [-0.3, -0.25) is 9.62 Å². The molecule has 0 amide bonds. The van der Waals surface area contributed by atoms with Gasteiger partial charge in [-0.05, 0) is 43.7 Å². The Kier molecular flexibility index (Phi) is 5.74. The van der Waals surface area contributed by atoms with Crippen LogP contribution >= 0.6 is 0 Å². The predicted molar refractivity (Wildman–Crippen MR) is 115 cm³/mol. The Balaban J connectivity index is 1.34. The Morgan fingerprint density at radius 3 is 2.37 bits per heavy atom. The average Bonchev–Trinajstić information content (AvgIpc) is 3.09. The zero-order chi connectivity index (χ0) is 21.1. The van der Waals surface area contributed by atoms with Crippen LogP contribution in [0.1, 0.15) is 17.0 Å². The van der Waals surface area contributed by atoms with E-state index in [0.29, 0.717) is 11.4 Å². The molecule has 30 heavy (non-hydrogen) atoms. The summed E-state index contributed by atoms with van der Waals surface area (Å²) < 4.78 is 32.8. The third-order valence-electron chi connectivity index (χ3n) is 5.19. The number of anilines is 2. The largest absolute Gasteiger partial charge is 0.360 e. The van der Waals surface area contributed by atoms with E-state index in [4.69, 9.17) is 4.52 Å². The average molecular weight is 428 g/mol. The first-order valence-electron chi connectivity index (χ1n) is 9.85. The fourth-order valence-electron chi connectivity index (χ4n) is 3.68. The molecule has 1 N–H and O–H groups in total. The molecule has 0 bridgehead atoms. The van der Waals surface area contributed by atoms with E-state index < -0.39 is 10.0 Å². The summed E-state index contributed by atoms with van der Waals surface area (Å²) in [5.41, 5.74) is 2.00. The summed E-state index contributed by atoms with van der Waals surface area (Å²) in [5.74, 6) is 1.30. The zero-order valence-corrected chi connectivity index (χ0v) is 17.9. The Bertz CT molecular complexity index is 1070. The molecular weight excluding hydrogens is 402 g/mol. The molecule has 158 valence electrons. The minimum atomic E-state index is -3.73. The van der Waals surface area contributed by atoms with Crippen molar-refractivity contribution >= 4 is 21.5 Å². The van der Waals surface area contributed by atoms with Crippen LogP contribution in [0, 0.1) is 13.8 Å². The number of hydrogen-bond acceptors (Lipinski definition) is 7. The van der Waals surface area contributed by atoms with Crippen LogP contribution in [0.15, 0.2) is 58.1 Å². The second kappa shape index (κ2) is 8.45. The van der Waals surface area contributed by atoms with E-state index in [9.17, 15) is 8.42 Å². The van der Waals surface area contributed by atoms with Gasteiger partial charge in [0.25, 0.3) is 10.0 Å². The number of aryl methyl sites for hydroxylation is 2. The lowest BCUT2D eigenvalue weighted by Gasteiger charge is -2.35. The maximum absolute atomic E-state index is 12.6. The number of aromatic nitrogens is 2. The van der Waals surface area contributed by atoms with Crippen LogP contribution in [0.4, 0.5) is 11.5 Å². The molecule has 9 heteroatoms. The van der Waals surface area contributed by atoms with Crippen molar-refractivity contribution in [3.05, 3.63) is 65.7 Å². The van der Waals surface area contributed by atoms with Gasteiger partial charge in [-0.15, -0.1) is 0 Å². The first kappa shape index (κ1) is 20.4. The van der Waals surface area contributed by atoms with Crippen LogP contribution in [0.3, 0.4) is 0 Å². The molecule has 0 atom stereocenters. The lowest BCUT2D eigenvalue weighted by Crippen LogP contribution is -2.46. The van der Waals surface area contributed by atoms with Gasteiger partial charge in [0.1, 0.15) is 11.5 Å². The summed E-state index contributed by atoms with van der Waals surface area (Å²) in [6.07, 6.45) is 1.82. The summed E-state index contributed by atoms with van der Waals surface area (Å²) in [6, 6.07) is 13.5. The molecule has 0 spiro atoms. The van der Waals surface area contributed by atoms with Crippen molar-refractivity contribution in [2.45, 2.75) is 25.3 Å². The maximum atomic E-state index is 12.6. The third kappa shape index (κ3) is 4.47. The monoisotopic (exact) mass is 427 g/mol. The van der Waals surface area contributed by atoms with Crippen LogP contribution in [-0.2, 0) is 16.6 Å². The van der Waals surface area contributed by atoms with Crippen molar-refractivity contribution in [1.29, 1.82) is 0 Å². The first-order chi connectivity index (χ1) is 14.4. The highest BCUT2D eigenvalue weighted by atomic mass is 32.2. The Labute approximate surface area is 176 Å². The van der Waals surface area contributed by atoms with E-state index in [1.165, 1.54) is 0 Å². The second-order valence-corrected chi connectivity index (χ2v) is 9.03. The van der Waals surface area contributed by atoms with E-state index in [0.717, 1.165) is 44.1 Å². The molecule has 1 aliphatic rings. The van der Waals surface area contributed by atoms with Crippen LogP contribution in [-0.4, -0.2) is 49.6 Å². The number of pyridine rings is 1. The van der Waals surface area contributed by atoms with E-state index in [1.54, 1.807) is 26.0 Å². The quantitative estimate of drug-likeness (QED) is 0.647. The molecular formula is C21H25N5O3S. The van der Waals surface area contributed by atoms with Gasteiger partial charge in [-0.1, -0.05) is 23.4 Å². The summed E-state index contributed by atoms with van der Waals surface area (Å²) in [7, 11) is -3.73. The molecule has 0 saturated carbocycles. The number of piperazine rings is 1. The van der Waals surface area contributed by atoms with Crippen molar-refractivity contribution in [2.24, 2.45) is 0 Å².